The molecule has 2 heteroatoms. The highest BCUT2D eigenvalue weighted by Gasteiger charge is 2.27. The molecule has 2 aliphatic rings. The number of hydrogen-bond acceptors (Lipinski definition) is 2. The molecule has 0 saturated heterocycles. The Morgan fingerprint density at radius 1 is 0.588 bits per heavy atom. The van der Waals surface area contributed by atoms with Crippen LogP contribution in [0.4, 0.5) is 11.4 Å². The van der Waals surface area contributed by atoms with E-state index < -0.39 is 0 Å². The van der Waals surface area contributed by atoms with Crippen LogP contribution in [0.15, 0.2) is 185 Å². The molecule has 2 nitrogen and oxygen atoms in total. The second-order valence-corrected chi connectivity index (χ2v) is 14.0. The Labute approximate surface area is 297 Å². The summed E-state index contributed by atoms with van der Waals surface area (Å²) in [5.41, 5.74) is 10.5. The number of rotatable bonds is 5. The van der Waals surface area contributed by atoms with Gasteiger partial charge in [0, 0.05) is 32.6 Å². The van der Waals surface area contributed by atoms with E-state index in [-0.39, 0.29) is 0 Å². The summed E-state index contributed by atoms with van der Waals surface area (Å²) >= 11 is 0. The van der Waals surface area contributed by atoms with Crippen LogP contribution in [0.3, 0.4) is 0 Å². The average Bonchev–Trinajstić information content (AvgIpc) is 3.58. The van der Waals surface area contributed by atoms with Crippen LogP contribution in [0.1, 0.15) is 26.2 Å². The normalized spacial score (nSPS) is 16.2. The van der Waals surface area contributed by atoms with E-state index in [1.165, 1.54) is 55.2 Å². The highest BCUT2D eigenvalue weighted by atomic mass is 16.3. The maximum absolute atomic E-state index is 6.86. The average molecular weight is 656 g/mol. The van der Waals surface area contributed by atoms with Crippen molar-refractivity contribution < 1.29 is 4.42 Å². The van der Waals surface area contributed by atoms with Gasteiger partial charge in [0.05, 0.1) is 11.4 Å². The highest BCUT2D eigenvalue weighted by molar-refractivity contribution is 6.23. The summed E-state index contributed by atoms with van der Waals surface area (Å²) in [6.45, 7) is 2.33. The van der Waals surface area contributed by atoms with Crippen LogP contribution in [0.2, 0.25) is 0 Å². The number of furan rings is 1. The van der Waals surface area contributed by atoms with Crippen molar-refractivity contribution in [3.05, 3.63) is 181 Å². The molecule has 0 N–H and O–H groups in total. The molecule has 244 valence electrons. The fourth-order valence-electron chi connectivity index (χ4n) is 8.45. The molecule has 0 fully saturated rings. The van der Waals surface area contributed by atoms with Gasteiger partial charge in [0.15, 0.2) is 0 Å². The van der Waals surface area contributed by atoms with Crippen LogP contribution in [0.5, 0.6) is 0 Å². The fraction of sp³-hybridized carbons (Fsp3) is 0.102. The minimum atomic E-state index is 0.453. The van der Waals surface area contributed by atoms with Gasteiger partial charge in [-0.15, -0.1) is 0 Å². The minimum absolute atomic E-state index is 0.453. The highest BCUT2D eigenvalue weighted by Crippen LogP contribution is 2.48. The summed E-state index contributed by atoms with van der Waals surface area (Å²) in [5.74, 6) is 0.453. The smallest absolute Gasteiger partial charge is 0.143 e. The van der Waals surface area contributed by atoms with Crippen LogP contribution in [0, 0.1) is 5.92 Å². The third-order valence-electron chi connectivity index (χ3n) is 10.8. The Balaban J connectivity index is 1.34. The molecule has 2 aliphatic carbocycles. The Kier molecular flexibility index (Phi) is 7.02. The molecule has 0 bridgehead atoms. The van der Waals surface area contributed by atoms with E-state index in [1.807, 2.05) is 0 Å². The molecule has 1 heterocycles. The lowest BCUT2D eigenvalue weighted by Crippen LogP contribution is -2.21. The van der Waals surface area contributed by atoms with E-state index in [0.29, 0.717) is 5.92 Å². The molecule has 0 saturated carbocycles. The van der Waals surface area contributed by atoms with Crippen LogP contribution in [-0.2, 0) is 0 Å². The number of anilines is 2. The first-order valence-electron chi connectivity index (χ1n) is 18.1. The van der Waals surface area contributed by atoms with Crippen LogP contribution in [0.25, 0.3) is 65.4 Å². The zero-order chi connectivity index (χ0) is 33.9. The van der Waals surface area contributed by atoms with Crippen LogP contribution < -0.4 is 4.90 Å². The molecule has 8 aromatic rings. The number of allylic oxidation sites excluding steroid dienone is 7. The van der Waals surface area contributed by atoms with E-state index in [0.717, 1.165) is 57.7 Å². The predicted octanol–water partition coefficient (Wildman–Crippen LogP) is 14.0. The molecule has 0 amide bonds. The first kappa shape index (κ1) is 29.8. The van der Waals surface area contributed by atoms with Crippen molar-refractivity contribution in [2.24, 2.45) is 5.92 Å². The topological polar surface area (TPSA) is 16.4 Å². The first-order valence-corrected chi connectivity index (χ1v) is 18.1. The third kappa shape index (κ3) is 4.86. The molecular weight excluding hydrogens is 619 g/mol. The van der Waals surface area contributed by atoms with Gasteiger partial charge in [-0.25, -0.2) is 0 Å². The van der Waals surface area contributed by atoms with Crippen molar-refractivity contribution in [1.82, 2.24) is 0 Å². The van der Waals surface area contributed by atoms with Gasteiger partial charge in [-0.05, 0) is 87.9 Å². The van der Waals surface area contributed by atoms with Crippen molar-refractivity contribution in [2.45, 2.75) is 26.2 Å². The maximum Gasteiger partial charge on any atom is 0.143 e. The molecule has 0 spiro atoms. The Bertz CT molecular complexity index is 2800. The van der Waals surface area contributed by atoms with E-state index in [9.17, 15) is 0 Å². The SMILES string of the molecule is CC1C=CC(N(c2cccc3ccccc23)c2cc3c(oc4cccc(-c5cccc6ccccc56)c43)c3ccccc23)=C(C2=CCCC=C2)C1. The molecular formula is C49H37NO. The van der Waals surface area contributed by atoms with Crippen molar-refractivity contribution in [3.8, 4) is 11.1 Å². The third-order valence-corrected chi connectivity index (χ3v) is 10.8. The molecule has 10 rings (SSSR count). The number of fused-ring (bicyclic) bond motifs is 7. The van der Waals surface area contributed by atoms with E-state index in [2.05, 4.69) is 176 Å². The summed E-state index contributed by atoms with van der Waals surface area (Å²) in [7, 11) is 0. The first-order chi connectivity index (χ1) is 25.2. The summed E-state index contributed by atoms with van der Waals surface area (Å²) in [5, 5.41) is 9.47. The number of nitrogens with zero attached hydrogens (tertiary/aromatic N) is 1. The fourth-order valence-corrected chi connectivity index (χ4v) is 8.45. The van der Waals surface area contributed by atoms with Gasteiger partial charge in [-0.3, -0.25) is 0 Å². The zero-order valence-corrected chi connectivity index (χ0v) is 28.6. The Morgan fingerprint density at radius 2 is 1.27 bits per heavy atom. The second-order valence-electron chi connectivity index (χ2n) is 14.0. The standard InChI is InChI=1S/C49H37NO/c1-32-28-29-45(42(30-32)35-14-3-2-4-15-35)50(44-26-12-19-34-17-6-8-21-37(34)44)46-31-43-48-40(38-24-11-18-33-16-5-7-20-36(33)38)25-13-27-47(48)51-49(43)41-23-10-9-22-39(41)46/h3,5-29,31-32H,2,4,30H2,1H3. The Morgan fingerprint density at radius 3 is 2.10 bits per heavy atom. The van der Waals surface area contributed by atoms with Gasteiger partial charge < -0.3 is 9.32 Å². The minimum Gasteiger partial charge on any atom is -0.455 e. The van der Waals surface area contributed by atoms with Crippen molar-refractivity contribution in [2.75, 3.05) is 4.90 Å². The zero-order valence-electron chi connectivity index (χ0n) is 28.6. The largest absolute Gasteiger partial charge is 0.455 e. The van der Waals surface area contributed by atoms with Gasteiger partial charge in [-0.1, -0.05) is 146 Å². The van der Waals surface area contributed by atoms with Crippen LogP contribution >= 0.6 is 0 Å². The second kappa shape index (κ2) is 12.0. The molecule has 51 heavy (non-hydrogen) atoms. The molecule has 7 aromatic carbocycles. The van der Waals surface area contributed by atoms with Gasteiger partial charge in [0.2, 0.25) is 0 Å². The predicted molar refractivity (Wildman–Crippen MR) is 217 cm³/mol. The van der Waals surface area contributed by atoms with Gasteiger partial charge in [0.1, 0.15) is 11.2 Å². The molecule has 1 atom stereocenters. The summed E-state index contributed by atoms with van der Waals surface area (Å²) in [4.78, 5) is 2.55. The molecule has 0 radical (unpaired) electrons. The lowest BCUT2D eigenvalue weighted by molar-refractivity contribution is 0.673. The lowest BCUT2D eigenvalue weighted by Gasteiger charge is -2.34. The van der Waals surface area contributed by atoms with Gasteiger partial charge >= 0.3 is 0 Å². The molecule has 0 aliphatic heterocycles. The van der Waals surface area contributed by atoms with E-state index >= 15 is 0 Å². The maximum atomic E-state index is 6.86. The van der Waals surface area contributed by atoms with Crippen molar-refractivity contribution >= 4 is 65.6 Å². The van der Waals surface area contributed by atoms with Gasteiger partial charge in [0.25, 0.3) is 0 Å². The summed E-state index contributed by atoms with van der Waals surface area (Å²) in [6, 6.07) is 48.5. The number of hydrogen-bond donors (Lipinski definition) is 0. The van der Waals surface area contributed by atoms with E-state index in [1.54, 1.807) is 0 Å². The number of benzene rings is 7. The van der Waals surface area contributed by atoms with Crippen LogP contribution in [-0.4, -0.2) is 0 Å². The quantitative estimate of drug-likeness (QED) is 0.183. The van der Waals surface area contributed by atoms with Crippen molar-refractivity contribution in [3.63, 3.8) is 0 Å². The Hall–Kier alpha value is -6.12. The van der Waals surface area contributed by atoms with E-state index in [4.69, 9.17) is 4.42 Å². The summed E-state index contributed by atoms with van der Waals surface area (Å²) in [6.07, 6.45) is 15.0. The molecule has 1 unspecified atom stereocenters. The lowest BCUT2D eigenvalue weighted by atomic mass is 9.86. The monoisotopic (exact) mass is 655 g/mol. The van der Waals surface area contributed by atoms with Crippen molar-refractivity contribution in [1.29, 1.82) is 0 Å². The van der Waals surface area contributed by atoms with Gasteiger partial charge in [-0.2, -0.15) is 0 Å². The summed E-state index contributed by atoms with van der Waals surface area (Å²) < 4.78 is 6.86. The molecule has 1 aromatic heterocycles.